The molecule has 1 unspecified atom stereocenters. The first-order valence-corrected chi connectivity index (χ1v) is 6.29. The minimum atomic E-state index is 0.0295. The molecule has 8 heteroatoms. The second-order valence-electron chi connectivity index (χ2n) is 3.95. The first-order chi connectivity index (χ1) is 8.56. The SMILES string of the molecule is CC(Nc1nc(N)nc(N(C)C)n1)c1nccs1. The van der Waals surface area contributed by atoms with Crippen molar-refractivity contribution in [2.24, 2.45) is 0 Å². The van der Waals surface area contributed by atoms with Crippen molar-refractivity contribution in [2.45, 2.75) is 13.0 Å². The van der Waals surface area contributed by atoms with Gasteiger partial charge in [-0.3, -0.25) is 0 Å². The third kappa shape index (κ3) is 2.83. The molecule has 0 saturated heterocycles. The lowest BCUT2D eigenvalue weighted by Gasteiger charge is -2.14. The molecular weight excluding hydrogens is 250 g/mol. The molecule has 2 aromatic rings. The topological polar surface area (TPSA) is 92.8 Å². The maximum absolute atomic E-state index is 5.65. The van der Waals surface area contributed by atoms with E-state index >= 15 is 0 Å². The first-order valence-electron chi connectivity index (χ1n) is 5.41. The Morgan fingerprint density at radius 2 is 2.11 bits per heavy atom. The number of aromatic nitrogens is 4. The fraction of sp³-hybridized carbons (Fsp3) is 0.400. The quantitative estimate of drug-likeness (QED) is 0.856. The number of thiazole rings is 1. The van der Waals surface area contributed by atoms with Gasteiger partial charge < -0.3 is 16.0 Å². The van der Waals surface area contributed by atoms with Gasteiger partial charge in [0.25, 0.3) is 0 Å². The van der Waals surface area contributed by atoms with Crippen LogP contribution < -0.4 is 16.0 Å². The predicted molar refractivity (Wildman–Crippen MR) is 72.7 cm³/mol. The van der Waals surface area contributed by atoms with E-state index in [1.165, 1.54) is 0 Å². The van der Waals surface area contributed by atoms with Crippen LogP contribution in [0.2, 0.25) is 0 Å². The van der Waals surface area contributed by atoms with E-state index in [0.717, 1.165) is 5.01 Å². The van der Waals surface area contributed by atoms with E-state index in [-0.39, 0.29) is 12.0 Å². The minimum Gasteiger partial charge on any atom is -0.368 e. The van der Waals surface area contributed by atoms with E-state index in [9.17, 15) is 0 Å². The van der Waals surface area contributed by atoms with E-state index in [2.05, 4.69) is 25.3 Å². The van der Waals surface area contributed by atoms with Gasteiger partial charge in [0.2, 0.25) is 17.8 Å². The molecule has 3 N–H and O–H groups in total. The molecule has 0 aliphatic rings. The summed E-state index contributed by atoms with van der Waals surface area (Å²) in [6, 6.07) is 0.0295. The molecule has 0 fully saturated rings. The summed E-state index contributed by atoms with van der Waals surface area (Å²) in [6.45, 7) is 1.99. The molecule has 0 aliphatic heterocycles. The van der Waals surface area contributed by atoms with Crippen LogP contribution in [0.25, 0.3) is 0 Å². The Morgan fingerprint density at radius 1 is 1.33 bits per heavy atom. The van der Waals surface area contributed by atoms with E-state index < -0.39 is 0 Å². The number of anilines is 3. The Hall–Kier alpha value is -1.96. The van der Waals surface area contributed by atoms with Gasteiger partial charge in [0.15, 0.2) is 0 Å². The molecule has 1 atom stereocenters. The van der Waals surface area contributed by atoms with Crippen molar-refractivity contribution in [3.63, 3.8) is 0 Å². The molecule has 96 valence electrons. The highest BCUT2D eigenvalue weighted by atomic mass is 32.1. The smallest absolute Gasteiger partial charge is 0.231 e. The molecule has 2 rings (SSSR count). The third-order valence-corrected chi connectivity index (χ3v) is 3.17. The zero-order chi connectivity index (χ0) is 13.1. The second-order valence-corrected chi connectivity index (χ2v) is 4.87. The van der Waals surface area contributed by atoms with Crippen LogP contribution in [0.15, 0.2) is 11.6 Å². The van der Waals surface area contributed by atoms with Gasteiger partial charge in [-0.2, -0.15) is 15.0 Å². The zero-order valence-electron chi connectivity index (χ0n) is 10.5. The summed E-state index contributed by atoms with van der Waals surface area (Å²) < 4.78 is 0. The number of nitrogens with one attached hydrogen (secondary N) is 1. The summed E-state index contributed by atoms with van der Waals surface area (Å²) in [7, 11) is 3.70. The lowest BCUT2D eigenvalue weighted by Crippen LogP contribution is -2.17. The standard InChI is InChI=1S/C10H15N7S/c1-6(7-12-4-5-18-7)13-9-14-8(11)15-10(16-9)17(2)3/h4-6H,1-3H3,(H3,11,13,14,15,16). The number of nitrogen functional groups attached to an aromatic ring is 1. The lowest BCUT2D eigenvalue weighted by atomic mass is 10.4. The van der Waals surface area contributed by atoms with Crippen LogP contribution in [-0.4, -0.2) is 34.0 Å². The van der Waals surface area contributed by atoms with Gasteiger partial charge in [-0.25, -0.2) is 4.98 Å². The van der Waals surface area contributed by atoms with Crippen LogP contribution in [0, 0.1) is 0 Å². The lowest BCUT2D eigenvalue weighted by molar-refractivity contribution is 0.839. The maximum atomic E-state index is 5.65. The highest BCUT2D eigenvalue weighted by molar-refractivity contribution is 7.09. The molecule has 18 heavy (non-hydrogen) atoms. The van der Waals surface area contributed by atoms with Crippen molar-refractivity contribution in [1.82, 2.24) is 19.9 Å². The fourth-order valence-corrected chi connectivity index (χ4v) is 1.99. The van der Waals surface area contributed by atoms with Gasteiger partial charge in [0.05, 0.1) is 6.04 Å². The Bertz CT molecular complexity index is 511. The van der Waals surface area contributed by atoms with Gasteiger partial charge in [-0.1, -0.05) is 0 Å². The van der Waals surface area contributed by atoms with Gasteiger partial charge in [0.1, 0.15) is 5.01 Å². The molecule has 0 amide bonds. The molecule has 0 spiro atoms. The van der Waals surface area contributed by atoms with Crippen molar-refractivity contribution in [1.29, 1.82) is 0 Å². The monoisotopic (exact) mass is 265 g/mol. The van der Waals surface area contributed by atoms with Gasteiger partial charge in [-0.05, 0) is 6.92 Å². The molecule has 2 heterocycles. The van der Waals surface area contributed by atoms with E-state index in [1.807, 2.05) is 26.4 Å². The summed E-state index contributed by atoms with van der Waals surface area (Å²) in [5, 5.41) is 6.06. The van der Waals surface area contributed by atoms with Crippen LogP contribution in [0.5, 0.6) is 0 Å². The second kappa shape index (κ2) is 5.13. The van der Waals surface area contributed by atoms with Crippen LogP contribution in [-0.2, 0) is 0 Å². The van der Waals surface area contributed by atoms with Crippen molar-refractivity contribution in [2.75, 3.05) is 30.0 Å². The van der Waals surface area contributed by atoms with E-state index in [4.69, 9.17) is 5.73 Å². The summed E-state index contributed by atoms with van der Waals surface area (Å²) in [5.74, 6) is 1.17. The number of hydrogen-bond donors (Lipinski definition) is 2. The molecular formula is C10H15N7S. The highest BCUT2D eigenvalue weighted by Gasteiger charge is 2.11. The Kier molecular flexibility index (Phi) is 3.56. The highest BCUT2D eigenvalue weighted by Crippen LogP contribution is 2.19. The number of nitrogens with two attached hydrogens (primary N) is 1. The Balaban J connectivity index is 2.18. The van der Waals surface area contributed by atoms with Crippen molar-refractivity contribution in [3.8, 4) is 0 Å². The molecule has 7 nitrogen and oxygen atoms in total. The number of hydrogen-bond acceptors (Lipinski definition) is 8. The predicted octanol–water partition coefficient (Wildman–Crippen LogP) is 1.15. The van der Waals surface area contributed by atoms with Gasteiger partial charge in [0, 0.05) is 25.7 Å². The van der Waals surface area contributed by atoms with Gasteiger partial charge in [-0.15, -0.1) is 11.3 Å². The molecule has 0 bridgehead atoms. The normalized spacial score (nSPS) is 12.2. The summed E-state index contributed by atoms with van der Waals surface area (Å²) >= 11 is 1.58. The number of rotatable bonds is 4. The van der Waals surface area contributed by atoms with Crippen LogP contribution in [0.3, 0.4) is 0 Å². The largest absolute Gasteiger partial charge is 0.368 e. The molecule has 0 radical (unpaired) electrons. The number of nitrogens with zero attached hydrogens (tertiary/aromatic N) is 5. The van der Waals surface area contributed by atoms with Crippen LogP contribution in [0.1, 0.15) is 18.0 Å². The maximum Gasteiger partial charge on any atom is 0.231 e. The summed E-state index contributed by atoms with van der Waals surface area (Å²) in [6.07, 6.45) is 1.77. The Morgan fingerprint density at radius 3 is 2.72 bits per heavy atom. The Labute approximate surface area is 109 Å². The average Bonchev–Trinajstić information content (AvgIpc) is 2.81. The van der Waals surface area contributed by atoms with E-state index in [0.29, 0.717) is 11.9 Å². The van der Waals surface area contributed by atoms with Crippen molar-refractivity contribution < 1.29 is 0 Å². The van der Waals surface area contributed by atoms with Crippen molar-refractivity contribution in [3.05, 3.63) is 16.6 Å². The molecule has 0 saturated carbocycles. The van der Waals surface area contributed by atoms with Crippen molar-refractivity contribution >= 4 is 29.2 Å². The molecule has 0 aliphatic carbocycles. The summed E-state index contributed by atoms with van der Waals surface area (Å²) in [4.78, 5) is 18.4. The first kappa shape index (κ1) is 12.5. The molecule has 0 aromatic carbocycles. The summed E-state index contributed by atoms with van der Waals surface area (Å²) in [5.41, 5.74) is 5.65. The van der Waals surface area contributed by atoms with Gasteiger partial charge >= 0.3 is 0 Å². The minimum absolute atomic E-state index is 0.0295. The fourth-order valence-electron chi connectivity index (χ4n) is 1.35. The molecule has 2 aromatic heterocycles. The third-order valence-electron chi connectivity index (χ3n) is 2.21. The van der Waals surface area contributed by atoms with Crippen LogP contribution >= 0.6 is 11.3 Å². The van der Waals surface area contributed by atoms with E-state index in [1.54, 1.807) is 22.4 Å². The average molecular weight is 265 g/mol. The van der Waals surface area contributed by atoms with Crippen LogP contribution in [0.4, 0.5) is 17.8 Å². The zero-order valence-corrected chi connectivity index (χ0v) is 11.3.